The van der Waals surface area contributed by atoms with Crippen LogP contribution >= 0.6 is 0 Å². The SMILES string of the molecule is CCCCCCCCc1ccc(-c2ccc(-c3ccc(-c4ccc(OCCCCCC)cc4)c(F)c3F)cc2)cc1. The molecule has 0 saturated carbocycles. The van der Waals surface area contributed by atoms with Gasteiger partial charge in [0.25, 0.3) is 0 Å². The largest absolute Gasteiger partial charge is 0.494 e. The average molecular weight is 555 g/mol. The molecule has 3 heteroatoms. The molecule has 0 fully saturated rings. The van der Waals surface area contributed by atoms with E-state index in [2.05, 4.69) is 38.1 Å². The normalized spacial score (nSPS) is 11.1. The standard InChI is InChI=1S/C38H44F2O/c1-3-5-7-9-10-11-13-29-14-16-30(17-15-29)31-18-20-32(21-19-31)35-26-27-36(38(40)37(35)39)33-22-24-34(25-23-33)41-28-12-8-6-4-2/h14-27H,3-13,28H2,1-2H3. The molecular formula is C38H44F2O. The van der Waals surface area contributed by atoms with Gasteiger partial charge in [-0.3, -0.25) is 0 Å². The van der Waals surface area contributed by atoms with Crippen LogP contribution in [-0.2, 0) is 6.42 Å². The predicted molar refractivity (Wildman–Crippen MR) is 169 cm³/mol. The van der Waals surface area contributed by atoms with E-state index in [1.54, 1.807) is 24.3 Å². The van der Waals surface area contributed by atoms with Gasteiger partial charge in [0.1, 0.15) is 5.75 Å². The van der Waals surface area contributed by atoms with Crippen LogP contribution in [0.2, 0.25) is 0 Å². The van der Waals surface area contributed by atoms with Gasteiger partial charge in [-0.05, 0) is 59.2 Å². The van der Waals surface area contributed by atoms with Crippen LogP contribution in [0.15, 0.2) is 84.9 Å². The summed E-state index contributed by atoms with van der Waals surface area (Å²) in [6.45, 7) is 5.10. The van der Waals surface area contributed by atoms with Crippen molar-refractivity contribution in [1.29, 1.82) is 0 Å². The van der Waals surface area contributed by atoms with Crippen LogP contribution in [0, 0.1) is 11.6 Å². The summed E-state index contributed by atoms with van der Waals surface area (Å²) < 4.78 is 36.2. The molecule has 0 radical (unpaired) electrons. The van der Waals surface area contributed by atoms with Gasteiger partial charge in [-0.1, -0.05) is 138 Å². The lowest BCUT2D eigenvalue weighted by molar-refractivity contribution is 0.305. The topological polar surface area (TPSA) is 9.23 Å². The lowest BCUT2D eigenvalue weighted by Crippen LogP contribution is -1.97. The maximum atomic E-state index is 15.2. The summed E-state index contributed by atoms with van der Waals surface area (Å²) in [4.78, 5) is 0. The summed E-state index contributed by atoms with van der Waals surface area (Å²) in [5, 5.41) is 0. The van der Waals surface area contributed by atoms with Crippen LogP contribution < -0.4 is 4.74 Å². The molecule has 0 amide bonds. The lowest BCUT2D eigenvalue weighted by atomic mass is 9.96. The van der Waals surface area contributed by atoms with Crippen molar-refractivity contribution in [2.45, 2.75) is 84.5 Å². The molecule has 0 unspecified atom stereocenters. The van der Waals surface area contributed by atoms with E-state index in [0.29, 0.717) is 17.7 Å². The molecule has 216 valence electrons. The van der Waals surface area contributed by atoms with Crippen molar-refractivity contribution in [3.63, 3.8) is 0 Å². The monoisotopic (exact) mass is 554 g/mol. The third-order valence-electron chi connectivity index (χ3n) is 7.82. The number of ether oxygens (including phenoxy) is 1. The first kappa shape index (κ1) is 30.5. The molecule has 4 aromatic carbocycles. The van der Waals surface area contributed by atoms with Gasteiger partial charge >= 0.3 is 0 Å². The minimum atomic E-state index is -0.833. The number of aryl methyl sites for hydroxylation is 1. The van der Waals surface area contributed by atoms with Crippen molar-refractivity contribution in [2.75, 3.05) is 6.61 Å². The van der Waals surface area contributed by atoms with Gasteiger partial charge in [0, 0.05) is 11.1 Å². The van der Waals surface area contributed by atoms with Crippen molar-refractivity contribution < 1.29 is 13.5 Å². The second-order valence-electron chi connectivity index (χ2n) is 11.0. The summed E-state index contributed by atoms with van der Waals surface area (Å²) in [6, 6.07) is 26.9. The van der Waals surface area contributed by atoms with Crippen molar-refractivity contribution in [3.8, 4) is 39.1 Å². The third kappa shape index (κ3) is 8.76. The van der Waals surface area contributed by atoms with E-state index in [9.17, 15) is 0 Å². The molecule has 4 aromatic rings. The van der Waals surface area contributed by atoms with Crippen LogP contribution in [0.5, 0.6) is 5.75 Å². The van der Waals surface area contributed by atoms with Gasteiger partial charge in [0.05, 0.1) is 6.61 Å². The van der Waals surface area contributed by atoms with Crippen molar-refractivity contribution in [1.82, 2.24) is 0 Å². The Hall–Kier alpha value is -3.46. The number of rotatable bonds is 16. The van der Waals surface area contributed by atoms with Crippen LogP contribution in [0.1, 0.15) is 83.6 Å². The molecule has 0 aliphatic rings. The molecule has 0 aliphatic heterocycles. The maximum Gasteiger partial charge on any atom is 0.167 e. The summed E-state index contributed by atoms with van der Waals surface area (Å²) in [6.07, 6.45) is 13.5. The number of hydrogen-bond donors (Lipinski definition) is 0. The molecule has 0 saturated heterocycles. The molecule has 0 spiro atoms. The van der Waals surface area contributed by atoms with Gasteiger partial charge in [-0.25, -0.2) is 8.78 Å². The van der Waals surface area contributed by atoms with Gasteiger partial charge in [0.2, 0.25) is 0 Å². The highest BCUT2D eigenvalue weighted by Crippen LogP contribution is 2.33. The third-order valence-corrected chi connectivity index (χ3v) is 7.82. The van der Waals surface area contributed by atoms with Crippen LogP contribution in [-0.4, -0.2) is 6.61 Å². The van der Waals surface area contributed by atoms with Gasteiger partial charge in [-0.2, -0.15) is 0 Å². The van der Waals surface area contributed by atoms with E-state index in [0.717, 1.165) is 36.1 Å². The quantitative estimate of drug-likeness (QED) is 0.125. The van der Waals surface area contributed by atoms with E-state index >= 15 is 8.78 Å². The second kappa shape index (κ2) is 16.1. The summed E-state index contributed by atoms with van der Waals surface area (Å²) in [7, 11) is 0. The molecular weight excluding hydrogens is 510 g/mol. The van der Waals surface area contributed by atoms with E-state index in [1.807, 2.05) is 36.4 Å². The molecule has 0 aromatic heterocycles. The Morgan fingerprint density at radius 2 is 0.902 bits per heavy atom. The Balaban J connectivity index is 1.37. The number of halogens is 2. The minimum Gasteiger partial charge on any atom is -0.494 e. The maximum absolute atomic E-state index is 15.2. The Labute approximate surface area is 245 Å². The zero-order valence-electron chi connectivity index (χ0n) is 24.7. The fraction of sp³-hybridized carbons (Fsp3) is 0.368. The smallest absolute Gasteiger partial charge is 0.167 e. The highest BCUT2D eigenvalue weighted by Gasteiger charge is 2.16. The Bertz CT molecular complexity index is 1320. The predicted octanol–water partition coefficient (Wildman–Crippen LogP) is 11.8. The van der Waals surface area contributed by atoms with E-state index in [4.69, 9.17) is 4.74 Å². The van der Waals surface area contributed by atoms with Crippen molar-refractivity contribution >= 4 is 0 Å². The van der Waals surface area contributed by atoms with Crippen LogP contribution in [0.3, 0.4) is 0 Å². The highest BCUT2D eigenvalue weighted by atomic mass is 19.2. The molecule has 4 rings (SSSR count). The molecule has 41 heavy (non-hydrogen) atoms. The molecule has 0 atom stereocenters. The van der Waals surface area contributed by atoms with Crippen LogP contribution in [0.25, 0.3) is 33.4 Å². The zero-order chi connectivity index (χ0) is 28.9. The first-order valence-electron chi connectivity index (χ1n) is 15.5. The summed E-state index contributed by atoms with van der Waals surface area (Å²) >= 11 is 0. The molecule has 0 N–H and O–H groups in total. The van der Waals surface area contributed by atoms with Gasteiger partial charge in [-0.15, -0.1) is 0 Å². The van der Waals surface area contributed by atoms with Crippen molar-refractivity contribution in [3.05, 3.63) is 102 Å². The zero-order valence-corrected chi connectivity index (χ0v) is 24.7. The van der Waals surface area contributed by atoms with Gasteiger partial charge in [0.15, 0.2) is 11.6 Å². The summed E-state index contributed by atoms with van der Waals surface area (Å²) in [5.41, 5.74) is 5.34. The molecule has 0 bridgehead atoms. The van der Waals surface area contributed by atoms with E-state index < -0.39 is 11.6 Å². The van der Waals surface area contributed by atoms with E-state index in [-0.39, 0.29) is 11.1 Å². The fourth-order valence-electron chi connectivity index (χ4n) is 5.26. The fourth-order valence-corrected chi connectivity index (χ4v) is 5.26. The minimum absolute atomic E-state index is 0.249. The average Bonchev–Trinajstić information content (AvgIpc) is 3.01. The van der Waals surface area contributed by atoms with Crippen molar-refractivity contribution in [2.24, 2.45) is 0 Å². The lowest BCUT2D eigenvalue weighted by Gasteiger charge is -2.11. The Kier molecular flexibility index (Phi) is 12.0. The van der Waals surface area contributed by atoms with Gasteiger partial charge < -0.3 is 4.74 Å². The van der Waals surface area contributed by atoms with Crippen LogP contribution in [0.4, 0.5) is 8.78 Å². The van der Waals surface area contributed by atoms with E-state index in [1.165, 1.54) is 56.9 Å². The molecule has 1 nitrogen and oxygen atoms in total. The highest BCUT2D eigenvalue weighted by molar-refractivity contribution is 5.74. The Morgan fingerprint density at radius 1 is 0.463 bits per heavy atom. The summed E-state index contributed by atoms with van der Waals surface area (Å²) in [5.74, 6) is -0.915. The number of unbranched alkanes of at least 4 members (excludes halogenated alkanes) is 8. The second-order valence-corrected chi connectivity index (χ2v) is 11.0. The Morgan fingerprint density at radius 3 is 1.46 bits per heavy atom. The molecule has 0 heterocycles. The number of benzene rings is 4. The first-order chi connectivity index (χ1) is 20.1. The molecule has 0 aliphatic carbocycles. The first-order valence-corrected chi connectivity index (χ1v) is 15.5. The number of hydrogen-bond acceptors (Lipinski definition) is 1.